The summed E-state index contributed by atoms with van der Waals surface area (Å²) in [7, 11) is 1.82. The Morgan fingerprint density at radius 2 is 1.97 bits per heavy atom. The van der Waals surface area contributed by atoms with Crippen molar-refractivity contribution in [3.05, 3.63) is 82.4 Å². The largest absolute Gasteiger partial charge is 0.508 e. The summed E-state index contributed by atoms with van der Waals surface area (Å²) in [6.07, 6.45) is 5.85. The second-order valence-corrected chi connectivity index (χ2v) is 8.45. The molecule has 0 fully saturated rings. The number of phenolic OH excluding ortho intramolecular Hbond substituents is 1. The number of fused-ring (bicyclic) bond motifs is 1. The molecule has 7 heteroatoms. The number of hydrogen-bond acceptors (Lipinski definition) is 4. The van der Waals surface area contributed by atoms with Crippen LogP contribution in [-0.4, -0.2) is 38.5 Å². The highest BCUT2D eigenvalue weighted by atomic mass is 19.1. The minimum atomic E-state index is -0.479. The van der Waals surface area contributed by atoms with Crippen LogP contribution in [0.3, 0.4) is 0 Å². The van der Waals surface area contributed by atoms with Crippen LogP contribution in [0.4, 0.5) is 4.39 Å². The van der Waals surface area contributed by atoms with E-state index in [1.807, 2.05) is 19.2 Å². The molecule has 6 nitrogen and oxygen atoms in total. The lowest BCUT2D eigenvalue weighted by Crippen LogP contribution is -2.39. The first kappa shape index (κ1) is 22.7. The molecule has 2 aromatic carbocycles. The first-order valence-electron chi connectivity index (χ1n) is 11.2. The monoisotopic (exact) mass is 449 g/mol. The maximum atomic E-state index is 13.7. The van der Waals surface area contributed by atoms with Crippen LogP contribution in [-0.2, 0) is 19.9 Å². The van der Waals surface area contributed by atoms with Crippen molar-refractivity contribution >= 4 is 17.6 Å². The summed E-state index contributed by atoms with van der Waals surface area (Å²) in [5.41, 5.74) is 4.86. The van der Waals surface area contributed by atoms with Gasteiger partial charge in [-0.3, -0.25) is 9.48 Å². The molecule has 0 saturated carbocycles. The summed E-state index contributed by atoms with van der Waals surface area (Å²) in [6.45, 7) is -0.216. The normalized spacial score (nSPS) is 15.7. The SMILES string of the molecule is Cn1nc(C(=O)N[C@H](CO)Cc2ccc(O)cc2)c2c1C(=Cc1cccc(F)c1)CCCC2. The molecule has 0 radical (unpaired) electrons. The van der Waals surface area contributed by atoms with Crippen LogP contribution in [0.15, 0.2) is 48.5 Å². The summed E-state index contributed by atoms with van der Waals surface area (Å²) in [4.78, 5) is 13.2. The van der Waals surface area contributed by atoms with Crippen molar-refractivity contribution in [3.63, 3.8) is 0 Å². The second-order valence-electron chi connectivity index (χ2n) is 8.45. The molecule has 0 spiro atoms. The van der Waals surface area contributed by atoms with Crippen molar-refractivity contribution in [1.82, 2.24) is 15.1 Å². The first-order chi connectivity index (χ1) is 15.9. The molecule has 1 heterocycles. The van der Waals surface area contributed by atoms with Gasteiger partial charge in [-0.2, -0.15) is 5.10 Å². The van der Waals surface area contributed by atoms with Crippen LogP contribution >= 0.6 is 0 Å². The van der Waals surface area contributed by atoms with Crippen molar-refractivity contribution in [1.29, 1.82) is 0 Å². The Morgan fingerprint density at radius 1 is 1.21 bits per heavy atom. The minimum absolute atomic E-state index is 0.168. The fraction of sp³-hybridized carbons (Fsp3) is 0.308. The molecule has 1 atom stereocenters. The van der Waals surface area contributed by atoms with Gasteiger partial charge >= 0.3 is 0 Å². The van der Waals surface area contributed by atoms with E-state index in [0.717, 1.165) is 53.6 Å². The Morgan fingerprint density at radius 3 is 2.70 bits per heavy atom. The summed E-state index contributed by atoms with van der Waals surface area (Å²) >= 11 is 0. The third-order valence-electron chi connectivity index (χ3n) is 5.95. The van der Waals surface area contributed by atoms with E-state index in [1.165, 1.54) is 12.1 Å². The molecule has 0 saturated heterocycles. The van der Waals surface area contributed by atoms with Gasteiger partial charge in [-0.1, -0.05) is 24.3 Å². The molecule has 1 aliphatic carbocycles. The lowest BCUT2D eigenvalue weighted by molar-refractivity contribution is 0.0909. The van der Waals surface area contributed by atoms with Crippen molar-refractivity contribution in [2.75, 3.05) is 6.61 Å². The van der Waals surface area contributed by atoms with Crippen LogP contribution in [0.2, 0.25) is 0 Å². The molecule has 33 heavy (non-hydrogen) atoms. The van der Waals surface area contributed by atoms with E-state index in [9.17, 15) is 19.4 Å². The smallest absolute Gasteiger partial charge is 0.272 e. The fourth-order valence-electron chi connectivity index (χ4n) is 4.39. The lowest BCUT2D eigenvalue weighted by atomic mass is 10.0. The van der Waals surface area contributed by atoms with Gasteiger partial charge in [-0.25, -0.2) is 4.39 Å². The molecule has 172 valence electrons. The Bertz CT molecular complexity index is 1170. The van der Waals surface area contributed by atoms with Crippen LogP contribution in [0.1, 0.15) is 52.1 Å². The Labute approximate surface area is 192 Å². The van der Waals surface area contributed by atoms with E-state index in [1.54, 1.807) is 35.0 Å². The summed E-state index contributed by atoms with van der Waals surface area (Å²) in [6, 6.07) is 12.7. The number of aryl methyl sites for hydroxylation is 1. The number of aromatic hydroxyl groups is 1. The zero-order valence-electron chi connectivity index (χ0n) is 18.6. The summed E-state index contributed by atoms with van der Waals surface area (Å²) in [5.74, 6) is -0.440. The zero-order chi connectivity index (χ0) is 23.4. The topological polar surface area (TPSA) is 87.4 Å². The molecular formula is C26H28FN3O3. The van der Waals surface area contributed by atoms with Crippen molar-refractivity contribution in [2.45, 2.75) is 38.1 Å². The predicted molar refractivity (Wildman–Crippen MR) is 125 cm³/mol. The number of carbonyl (C=O) groups is 1. The highest BCUT2D eigenvalue weighted by Crippen LogP contribution is 2.33. The van der Waals surface area contributed by atoms with E-state index in [-0.39, 0.29) is 24.1 Å². The number of allylic oxidation sites excluding steroid dienone is 1. The molecule has 1 aromatic heterocycles. The van der Waals surface area contributed by atoms with Crippen molar-refractivity contribution in [2.24, 2.45) is 7.05 Å². The van der Waals surface area contributed by atoms with Gasteiger partial charge in [0.05, 0.1) is 18.3 Å². The number of halogens is 1. The van der Waals surface area contributed by atoms with Crippen LogP contribution in [0.5, 0.6) is 5.75 Å². The number of amides is 1. The summed E-state index contributed by atoms with van der Waals surface area (Å²) < 4.78 is 15.4. The van der Waals surface area contributed by atoms with Gasteiger partial charge in [0.1, 0.15) is 11.6 Å². The number of phenols is 1. The Hall–Kier alpha value is -3.45. The van der Waals surface area contributed by atoms with Crippen molar-refractivity contribution < 1.29 is 19.4 Å². The van der Waals surface area contributed by atoms with E-state index in [4.69, 9.17) is 0 Å². The van der Waals surface area contributed by atoms with Crippen LogP contribution in [0.25, 0.3) is 11.6 Å². The zero-order valence-corrected chi connectivity index (χ0v) is 18.6. The summed E-state index contributed by atoms with van der Waals surface area (Å²) in [5, 5.41) is 26.7. The van der Waals surface area contributed by atoms with E-state index in [2.05, 4.69) is 10.4 Å². The number of aliphatic hydroxyl groups is 1. The standard InChI is InChI=1S/C26H28FN3O3/c1-30-25-19(13-18-5-4-7-20(27)14-18)6-2-3-8-23(25)24(29-30)26(33)28-21(16-31)15-17-9-11-22(32)12-10-17/h4-5,7,9-14,21,31-32H,2-3,6,8,15-16H2,1H3,(H,28,33)/t21-/m0/s1. The third-order valence-corrected chi connectivity index (χ3v) is 5.95. The van der Waals surface area contributed by atoms with Gasteiger partial charge in [-0.15, -0.1) is 0 Å². The molecule has 1 amide bonds. The van der Waals surface area contributed by atoms with Gasteiger partial charge in [-0.05, 0) is 79.1 Å². The van der Waals surface area contributed by atoms with Crippen molar-refractivity contribution in [3.8, 4) is 5.75 Å². The number of nitrogens with zero attached hydrogens (tertiary/aromatic N) is 2. The predicted octanol–water partition coefficient (Wildman–Crippen LogP) is 3.87. The molecule has 0 unspecified atom stereocenters. The average molecular weight is 450 g/mol. The van der Waals surface area contributed by atoms with Gasteiger partial charge < -0.3 is 15.5 Å². The number of benzene rings is 2. The minimum Gasteiger partial charge on any atom is -0.508 e. The van der Waals surface area contributed by atoms with Crippen LogP contribution in [0, 0.1) is 5.82 Å². The molecule has 3 N–H and O–H groups in total. The molecule has 4 rings (SSSR count). The maximum absolute atomic E-state index is 13.7. The molecule has 3 aromatic rings. The maximum Gasteiger partial charge on any atom is 0.272 e. The number of hydrogen-bond donors (Lipinski definition) is 3. The molecule has 0 aliphatic heterocycles. The van der Waals surface area contributed by atoms with Gasteiger partial charge in [0.15, 0.2) is 5.69 Å². The van der Waals surface area contributed by atoms with E-state index < -0.39 is 6.04 Å². The Balaban J connectivity index is 1.60. The van der Waals surface area contributed by atoms with Crippen LogP contribution < -0.4 is 5.32 Å². The fourth-order valence-corrected chi connectivity index (χ4v) is 4.39. The number of carbonyl (C=O) groups excluding carboxylic acids is 1. The lowest BCUT2D eigenvalue weighted by Gasteiger charge is -2.16. The highest BCUT2D eigenvalue weighted by molar-refractivity contribution is 5.96. The van der Waals surface area contributed by atoms with E-state index in [0.29, 0.717) is 12.1 Å². The number of nitrogens with one attached hydrogen (secondary N) is 1. The molecule has 1 aliphatic rings. The average Bonchev–Trinajstić information content (AvgIpc) is 2.98. The van der Waals surface area contributed by atoms with Gasteiger partial charge in [0.2, 0.25) is 0 Å². The van der Waals surface area contributed by atoms with Gasteiger partial charge in [0.25, 0.3) is 5.91 Å². The quantitative estimate of drug-likeness (QED) is 0.499. The van der Waals surface area contributed by atoms with E-state index >= 15 is 0 Å². The third kappa shape index (κ3) is 5.31. The molecular weight excluding hydrogens is 421 g/mol. The number of rotatable bonds is 6. The Kier molecular flexibility index (Phi) is 6.89. The number of aliphatic hydroxyl groups excluding tert-OH is 1. The van der Waals surface area contributed by atoms with Gasteiger partial charge in [0, 0.05) is 12.6 Å². The number of aromatic nitrogens is 2. The highest BCUT2D eigenvalue weighted by Gasteiger charge is 2.26. The second kappa shape index (κ2) is 10.0. The molecule has 0 bridgehead atoms. The first-order valence-corrected chi connectivity index (χ1v) is 11.2.